The summed E-state index contributed by atoms with van der Waals surface area (Å²) in [7, 11) is 0. The van der Waals surface area contributed by atoms with E-state index in [0.717, 1.165) is 0 Å². The fourth-order valence-corrected chi connectivity index (χ4v) is 2.81. The van der Waals surface area contributed by atoms with Crippen molar-refractivity contribution in [3.05, 3.63) is 34.9 Å². The zero-order valence-electron chi connectivity index (χ0n) is 12.6. The molecule has 1 saturated heterocycles. The zero-order valence-corrected chi connectivity index (χ0v) is 16.3. The number of imide groups is 1. The van der Waals surface area contributed by atoms with Crippen molar-refractivity contribution < 1.29 is 56.6 Å². The number of hydrogen-bond donors (Lipinski definition) is 2. The first-order chi connectivity index (χ1) is 11.0. The molecule has 0 bridgehead atoms. The summed E-state index contributed by atoms with van der Waals surface area (Å²) in [6.45, 7) is 0.269. The molecule has 1 N–H and O–H groups in total. The van der Waals surface area contributed by atoms with E-state index in [-0.39, 0.29) is 64.1 Å². The van der Waals surface area contributed by atoms with Gasteiger partial charge in [-0.25, -0.2) is 4.79 Å². The Kier molecular flexibility index (Phi) is 6.17. The molecule has 2 aliphatic rings. The standard InChI is InChI=1S/C15H13N2O5S.Y/c18-12-4-3-11(13(19)16-12)17-6-9-2-1-8(7-22-15(21)23)5-10(9)14(17)20;/h1,5,11H,3-4,6-7H2,(H,21,23)(H,16,18,19);/q-1;. The summed E-state index contributed by atoms with van der Waals surface area (Å²) in [6.07, 6.45) is 0.526. The van der Waals surface area contributed by atoms with Gasteiger partial charge in [0.25, 0.3) is 0 Å². The smallest absolute Gasteiger partial charge is 0.363 e. The molecule has 0 aliphatic carbocycles. The number of amides is 3. The largest absolute Gasteiger partial charge is 0.466 e. The number of piperidine rings is 1. The normalized spacial score (nSPS) is 19.5. The number of hydrogen-bond acceptors (Lipinski definition) is 5. The van der Waals surface area contributed by atoms with Gasteiger partial charge in [0.05, 0.1) is 6.61 Å². The average molecular weight is 422 g/mol. The predicted molar refractivity (Wildman–Crippen MR) is 80.5 cm³/mol. The minimum absolute atomic E-state index is 0. The van der Waals surface area contributed by atoms with Crippen molar-refractivity contribution in [2.45, 2.75) is 32.0 Å². The van der Waals surface area contributed by atoms with Gasteiger partial charge in [0.2, 0.25) is 11.8 Å². The van der Waals surface area contributed by atoms with E-state index in [0.29, 0.717) is 23.1 Å². The second kappa shape index (κ2) is 7.76. The van der Waals surface area contributed by atoms with E-state index in [9.17, 15) is 19.2 Å². The van der Waals surface area contributed by atoms with Crippen molar-refractivity contribution in [3.8, 4) is 0 Å². The number of nitrogens with one attached hydrogen (secondary N) is 1. The number of benzene rings is 1. The number of thiol groups is 1. The van der Waals surface area contributed by atoms with E-state index in [4.69, 9.17) is 4.74 Å². The van der Waals surface area contributed by atoms with E-state index in [1.807, 2.05) is 0 Å². The van der Waals surface area contributed by atoms with Crippen molar-refractivity contribution in [2.24, 2.45) is 0 Å². The molecule has 123 valence electrons. The Morgan fingerprint density at radius 2 is 2.17 bits per heavy atom. The molecule has 7 nitrogen and oxygen atoms in total. The fourth-order valence-electron chi connectivity index (χ4n) is 2.75. The molecule has 3 amide bonds. The van der Waals surface area contributed by atoms with Crippen LogP contribution in [-0.2, 0) is 60.2 Å². The molecular weight excluding hydrogens is 409 g/mol. The monoisotopic (exact) mass is 422 g/mol. The number of ether oxygens (including phenoxy) is 1. The third-order valence-corrected chi connectivity index (χ3v) is 3.98. The second-order valence-corrected chi connectivity index (χ2v) is 5.72. The first kappa shape index (κ1) is 19.1. The zero-order chi connectivity index (χ0) is 16.6. The summed E-state index contributed by atoms with van der Waals surface area (Å²) >= 11 is 3.51. The molecule has 1 atom stereocenters. The maximum absolute atomic E-state index is 12.5. The van der Waals surface area contributed by atoms with Crippen LogP contribution in [0.4, 0.5) is 4.79 Å². The van der Waals surface area contributed by atoms with Gasteiger partial charge in [-0.1, -0.05) is 18.2 Å². The van der Waals surface area contributed by atoms with Crippen molar-refractivity contribution in [1.29, 1.82) is 0 Å². The molecule has 0 saturated carbocycles. The molecule has 2 heterocycles. The SMILES string of the molecule is O=C1CCC(N2Cc3[c-]cc(COC(=O)S)cc3C2=O)C(=O)N1.[Y]. The molecule has 1 radical (unpaired) electrons. The number of nitrogens with zero attached hydrogens (tertiary/aromatic N) is 1. The number of fused-ring (bicyclic) bond motifs is 1. The molecule has 2 aliphatic heterocycles. The number of carbonyl (C=O) groups is 4. The Balaban J connectivity index is 0.00000208. The molecule has 0 aromatic heterocycles. The summed E-state index contributed by atoms with van der Waals surface area (Å²) < 4.78 is 4.77. The Labute approximate surface area is 168 Å². The maximum Gasteiger partial charge on any atom is 0.363 e. The summed E-state index contributed by atoms with van der Waals surface area (Å²) in [5.74, 6) is -1.06. The van der Waals surface area contributed by atoms with Crippen LogP contribution < -0.4 is 5.32 Å². The van der Waals surface area contributed by atoms with Gasteiger partial charge in [-0.15, -0.1) is 11.1 Å². The molecule has 3 rings (SSSR count). The summed E-state index contributed by atoms with van der Waals surface area (Å²) in [5.41, 5.74) is 1.73. The summed E-state index contributed by atoms with van der Waals surface area (Å²) in [4.78, 5) is 47.8. The van der Waals surface area contributed by atoms with Crippen LogP contribution in [0.1, 0.15) is 34.3 Å². The van der Waals surface area contributed by atoms with Gasteiger partial charge in [-0.2, -0.15) is 18.2 Å². The van der Waals surface area contributed by atoms with Gasteiger partial charge < -0.3 is 9.64 Å². The van der Waals surface area contributed by atoms with Crippen molar-refractivity contribution in [1.82, 2.24) is 10.2 Å². The van der Waals surface area contributed by atoms with Crippen LogP contribution in [0.25, 0.3) is 0 Å². The summed E-state index contributed by atoms with van der Waals surface area (Å²) in [6, 6.07) is 5.59. The summed E-state index contributed by atoms with van der Waals surface area (Å²) in [5, 5.41) is 1.54. The molecule has 24 heavy (non-hydrogen) atoms. The predicted octanol–water partition coefficient (Wildman–Crippen LogP) is 0.812. The van der Waals surface area contributed by atoms with Crippen molar-refractivity contribution >= 4 is 35.7 Å². The van der Waals surface area contributed by atoms with Gasteiger partial charge in [-0.3, -0.25) is 19.7 Å². The Hall–Kier alpha value is -1.25. The molecule has 1 aromatic carbocycles. The van der Waals surface area contributed by atoms with E-state index in [1.54, 1.807) is 12.1 Å². The van der Waals surface area contributed by atoms with Crippen LogP contribution in [0.2, 0.25) is 0 Å². The first-order valence-electron chi connectivity index (χ1n) is 6.99. The third-order valence-electron chi connectivity index (χ3n) is 3.86. The Morgan fingerprint density at radius 1 is 1.42 bits per heavy atom. The third kappa shape index (κ3) is 3.87. The maximum atomic E-state index is 12.5. The van der Waals surface area contributed by atoms with Crippen molar-refractivity contribution in [2.75, 3.05) is 0 Å². The average Bonchev–Trinajstić information content (AvgIpc) is 2.82. The van der Waals surface area contributed by atoms with E-state index in [1.165, 1.54) is 4.90 Å². The van der Waals surface area contributed by atoms with Crippen molar-refractivity contribution in [3.63, 3.8) is 0 Å². The first-order valence-corrected chi connectivity index (χ1v) is 7.44. The topological polar surface area (TPSA) is 92.8 Å². The molecule has 1 unspecified atom stereocenters. The number of rotatable bonds is 3. The fraction of sp³-hybridized carbons (Fsp3) is 0.333. The van der Waals surface area contributed by atoms with Gasteiger partial charge in [-0.05, 0) is 6.42 Å². The molecular formula is C15H13N2O5SY-. The second-order valence-electron chi connectivity index (χ2n) is 5.35. The minimum atomic E-state index is -0.706. The van der Waals surface area contributed by atoms with E-state index >= 15 is 0 Å². The van der Waals surface area contributed by atoms with Gasteiger partial charge >= 0.3 is 5.30 Å². The minimum Gasteiger partial charge on any atom is -0.466 e. The number of carbonyl (C=O) groups excluding carboxylic acids is 4. The molecule has 0 spiro atoms. The molecule has 1 aromatic rings. The van der Waals surface area contributed by atoms with Crippen LogP contribution in [-0.4, -0.2) is 34.0 Å². The van der Waals surface area contributed by atoms with Gasteiger partial charge in [0.1, 0.15) is 6.04 Å². The molecule has 1 fully saturated rings. The van der Waals surface area contributed by atoms with Crippen LogP contribution >= 0.6 is 12.6 Å². The Bertz CT molecular complexity index is 724. The van der Waals surface area contributed by atoms with Gasteiger partial charge in [0.15, 0.2) is 5.91 Å². The van der Waals surface area contributed by atoms with Crippen LogP contribution in [0.5, 0.6) is 0 Å². The van der Waals surface area contributed by atoms with E-state index in [2.05, 4.69) is 24.0 Å². The quantitative estimate of drug-likeness (QED) is 0.326. The molecule has 9 heteroatoms. The van der Waals surface area contributed by atoms with E-state index < -0.39 is 17.3 Å². The van der Waals surface area contributed by atoms with Gasteiger partial charge in [0, 0.05) is 45.7 Å². The van der Waals surface area contributed by atoms with Crippen LogP contribution in [0.3, 0.4) is 0 Å². The van der Waals surface area contributed by atoms with Crippen LogP contribution in [0, 0.1) is 6.07 Å². The Morgan fingerprint density at radius 3 is 2.83 bits per heavy atom. The van der Waals surface area contributed by atoms with Crippen LogP contribution in [0.15, 0.2) is 12.1 Å².